The lowest BCUT2D eigenvalue weighted by Gasteiger charge is -2.46. The quantitative estimate of drug-likeness (QED) is 0.113. The predicted molar refractivity (Wildman–Crippen MR) is 86.3 cm³/mol. The Morgan fingerprint density at radius 1 is 0.370 bits per heavy atom. The molecule has 2 nitrogen and oxygen atoms in total. The first-order chi connectivity index (χ1) is 19.3. The van der Waals surface area contributed by atoms with E-state index in [1.54, 1.807) is 0 Å². The van der Waals surface area contributed by atoms with E-state index in [0.29, 0.717) is 0 Å². The highest BCUT2D eigenvalue weighted by Gasteiger charge is 3.00. The molecule has 0 amide bonds. The van der Waals surface area contributed by atoms with Crippen molar-refractivity contribution in [1.29, 1.82) is 0 Å². The van der Waals surface area contributed by atoms with Crippen molar-refractivity contribution in [3.8, 4) is 0 Å². The highest BCUT2D eigenvalue weighted by atomic mass is 19.4. The maximum Gasteiger partial charge on any atom is 0.461 e. The van der Waals surface area contributed by atoms with Gasteiger partial charge in [-0.3, -0.25) is 0 Å². The van der Waals surface area contributed by atoms with E-state index in [0.717, 1.165) is 0 Å². The Morgan fingerprint density at radius 2 is 0.565 bits per heavy atom. The second kappa shape index (κ2) is 10.7. The molecular formula is C17H5F27O2. The maximum atomic E-state index is 14.5. The van der Waals surface area contributed by atoms with Gasteiger partial charge < -0.3 is 4.74 Å². The Balaban J connectivity index is 7.78. The largest absolute Gasteiger partial charge is 0.461 e. The number of carbonyl (C=O) groups is 1. The zero-order valence-corrected chi connectivity index (χ0v) is 20.2. The van der Waals surface area contributed by atoms with Gasteiger partial charge in [0.25, 0.3) is 0 Å². The van der Waals surface area contributed by atoms with E-state index in [9.17, 15) is 123 Å². The molecule has 1 atom stereocenters. The molecule has 0 aromatic carbocycles. The van der Waals surface area contributed by atoms with Gasteiger partial charge >= 0.3 is 83.4 Å². The van der Waals surface area contributed by atoms with Gasteiger partial charge in [-0.1, -0.05) is 6.58 Å². The topological polar surface area (TPSA) is 26.3 Å². The average Bonchev–Trinajstić information content (AvgIpc) is 2.80. The summed E-state index contributed by atoms with van der Waals surface area (Å²) >= 11 is 0. The molecule has 0 saturated carbocycles. The molecular weight excluding hydrogens is 749 g/mol. The van der Waals surface area contributed by atoms with Crippen LogP contribution in [0.4, 0.5) is 119 Å². The van der Waals surface area contributed by atoms with Gasteiger partial charge in [0, 0.05) is 5.57 Å². The summed E-state index contributed by atoms with van der Waals surface area (Å²) in [5.41, 5.74) is -1.93. The fourth-order valence-electron chi connectivity index (χ4n) is 2.48. The summed E-state index contributed by atoms with van der Waals surface area (Å²) < 4.78 is 363. The van der Waals surface area contributed by atoms with Gasteiger partial charge in [-0.25, -0.2) is 4.79 Å². The second-order valence-corrected chi connectivity index (χ2v) is 8.50. The SMILES string of the molecule is C=C(C)C(=O)OC(F)(C(F)(F)C(F)(F)F)C(F)(F)C(F)(F)C(F)(F)C(F)(F)C(F)(F)C(F)(F)C(F)(F)C(F)(F)C(F)(F)C(F)(F)F. The van der Waals surface area contributed by atoms with Gasteiger partial charge in [0.05, 0.1) is 0 Å². The van der Waals surface area contributed by atoms with E-state index in [1.807, 2.05) is 4.74 Å². The van der Waals surface area contributed by atoms with Crippen LogP contribution in [0.5, 0.6) is 0 Å². The summed E-state index contributed by atoms with van der Waals surface area (Å²) in [5, 5.41) is 0. The smallest absolute Gasteiger partial charge is 0.413 e. The lowest BCUT2D eigenvalue weighted by atomic mass is 9.84. The summed E-state index contributed by atoms with van der Waals surface area (Å²) in [7, 11) is 0. The summed E-state index contributed by atoms with van der Waals surface area (Å²) in [6.45, 7) is 2.07. The Bertz CT molecular complexity index is 1170. The van der Waals surface area contributed by atoms with E-state index in [1.165, 1.54) is 0 Å². The number of esters is 1. The minimum Gasteiger partial charge on any atom is -0.413 e. The molecule has 0 spiro atoms. The van der Waals surface area contributed by atoms with Crippen LogP contribution in [0.3, 0.4) is 0 Å². The molecule has 46 heavy (non-hydrogen) atoms. The van der Waals surface area contributed by atoms with Gasteiger partial charge in [-0.2, -0.15) is 119 Å². The third-order valence-corrected chi connectivity index (χ3v) is 5.26. The molecule has 0 bridgehead atoms. The highest BCUT2D eigenvalue weighted by Crippen LogP contribution is 2.68. The van der Waals surface area contributed by atoms with E-state index in [4.69, 9.17) is 0 Å². The summed E-state index contributed by atoms with van der Waals surface area (Å²) in [6.07, 6.45) is -16.5. The molecule has 0 fully saturated rings. The Kier molecular flexibility index (Phi) is 10.0. The zero-order chi connectivity index (χ0) is 38.4. The molecule has 0 heterocycles. The van der Waals surface area contributed by atoms with Crippen LogP contribution in [-0.4, -0.2) is 83.4 Å². The fraction of sp³-hybridized carbons (Fsp3) is 0.824. The molecule has 0 rings (SSSR count). The zero-order valence-electron chi connectivity index (χ0n) is 20.2. The molecule has 0 aliphatic rings. The molecule has 0 saturated heterocycles. The van der Waals surface area contributed by atoms with Gasteiger partial charge in [0.15, 0.2) is 0 Å². The number of hydrogen-bond donors (Lipinski definition) is 0. The van der Waals surface area contributed by atoms with Crippen LogP contribution in [0.2, 0.25) is 0 Å². The van der Waals surface area contributed by atoms with Gasteiger partial charge in [-0.15, -0.1) is 0 Å². The van der Waals surface area contributed by atoms with Crippen molar-refractivity contribution in [2.45, 2.75) is 84.4 Å². The number of ether oxygens (including phenoxy) is 1. The number of halogens is 27. The van der Waals surface area contributed by atoms with Crippen molar-refractivity contribution in [3.63, 3.8) is 0 Å². The van der Waals surface area contributed by atoms with Gasteiger partial charge in [0.1, 0.15) is 0 Å². The minimum absolute atomic E-state index is 0.0750. The molecule has 0 radical (unpaired) electrons. The van der Waals surface area contributed by atoms with Crippen molar-refractivity contribution in [1.82, 2.24) is 0 Å². The molecule has 0 aliphatic heterocycles. The van der Waals surface area contributed by atoms with Crippen molar-refractivity contribution in [2.24, 2.45) is 0 Å². The molecule has 0 aliphatic carbocycles. The van der Waals surface area contributed by atoms with Crippen molar-refractivity contribution in [3.05, 3.63) is 12.2 Å². The lowest BCUT2D eigenvalue weighted by Crippen LogP contribution is -2.79. The number of alkyl halides is 27. The Hall–Kier alpha value is -2.68. The number of carbonyl (C=O) groups excluding carboxylic acids is 1. The molecule has 1 unspecified atom stereocenters. The van der Waals surface area contributed by atoms with Crippen LogP contribution >= 0.6 is 0 Å². The van der Waals surface area contributed by atoms with Crippen LogP contribution in [-0.2, 0) is 9.53 Å². The molecule has 0 N–H and O–H groups in total. The Morgan fingerprint density at radius 3 is 0.761 bits per heavy atom. The third-order valence-electron chi connectivity index (χ3n) is 5.26. The van der Waals surface area contributed by atoms with E-state index in [-0.39, 0.29) is 6.92 Å². The van der Waals surface area contributed by atoms with Crippen LogP contribution < -0.4 is 0 Å². The summed E-state index contributed by atoms with van der Waals surface area (Å²) in [4.78, 5) is 11.1. The first-order valence-corrected chi connectivity index (χ1v) is 9.82. The monoisotopic (exact) mass is 754 g/mol. The standard InChI is InChI=1S/C17H5F27O2/c1-3(2)4(45)46-15(38,14(36,37)17(42,43)44)12(32,33)10(28,29)8(24,25)6(20,21)5(18,19)7(22,23)9(26,27)11(30,31)13(34,35)16(39,40)41/h1H2,2H3. The van der Waals surface area contributed by atoms with Crippen LogP contribution in [0, 0.1) is 0 Å². The van der Waals surface area contributed by atoms with Crippen molar-refractivity contribution in [2.75, 3.05) is 0 Å². The van der Waals surface area contributed by atoms with Gasteiger partial charge in [-0.05, 0) is 6.92 Å². The van der Waals surface area contributed by atoms with Crippen LogP contribution in [0.15, 0.2) is 12.2 Å². The van der Waals surface area contributed by atoms with Crippen molar-refractivity contribution < 1.29 is 128 Å². The van der Waals surface area contributed by atoms with E-state index >= 15 is 0 Å². The Labute approximate surface area is 232 Å². The number of rotatable bonds is 12. The normalized spacial score (nSPS) is 17.5. The predicted octanol–water partition coefficient (Wildman–Crippen LogP) is 9.25. The average molecular weight is 754 g/mol. The lowest BCUT2D eigenvalue weighted by molar-refractivity contribution is -0.492. The fourth-order valence-corrected chi connectivity index (χ4v) is 2.48. The molecule has 0 aromatic rings. The molecule has 0 aromatic heterocycles. The molecule has 29 heteroatoms. The van der Waals surface area contributed by atoms with E-state index in [2.05, 4.69) is 6.58 Å². The first-order valence-electron chi connectivity index (χ1n) is 9.82. The summed E-state index contributed by atoms with van der Waals surface area (Å²) in [6, 6.07) is 0. The van der Waals surface area contributed by atoms with Gasteiger partial charge in [0.2, 0.25) is 0 Å². The summed E-state index contributed by atoms with van der Waals surface area (Å²) in [5.74, 6) is -106. The van der Waals surface area contributed by atoms with Crippen molar-refractivity contribution >= 4 is 5.97 Å². The number of hydrogen-bond acceptors (Lipinski definition) is 2. The highest BCUT2D eigenvalue weighted by molar-refractivity contribution is 5.87. The third kappa shape index (κ3) is 5.14. The second-order valence-electron chi connectivity index (χ2n) is 8.50. The van der Waals surface area contributed by atoms with Crippen LogP contribution in [0.1, 0.15) is 6.92 Å². The van der Waals surface area contributed by atoms with Crippen LogP contribution in [0.25, 0.3) is 0 Å². The molecule has 274 valence electrons. The maximum absolute atomic E-state index is 14.5. The minimum atomic E-state index is -9.84. The van der Waals surface area contributed by atoms with E-state index < -0.39 is 89.0 Å². The first kappa shape index (κ1) is 43.3.